The highest BCUT2D eigenvalue weighted by Crippen LogP contribution is 2.08. The van der Waals surface area contributed by atoms with Gasteiger partial charge < -0.3 is 10.2 Å². The summed E-state index contributed by atoms with van der Waals surface area (Å²) in [6, 6.07) is 0.716. The molecule has 0 aromatic carbocycles. The predicted molar refractivity (Wildman–Crippen MR) is 53.4 cm³/mol. The maximum Gasteiger partial charge on any atom is 0.0192 e. The van der Waals surface area contributed by atoms with E-state index in [1.165, 1.54) is 38.9 Å². The van der Waals surface area contributed by atoms with Crippen LogP contribution in [0.1, 0.15) is 33.1 Å². The molecule has 2 nitrogen and oxygen atoms in total. The van der Waals surface area contributed by atoms with Gasteiger partial charge in [0.15, 0.2) is 0 Å². The molecule has 0 aliphatic carbocycles. The van der Waals surface area contributed by atoms with E-state index in [0.717, 1.165) is 6.54 Å². The Morgan fingerprint density at radius 3 is 2.42 bits per heavy atom. The smallest absolute Gasteiger partial charge is 0.0192 e. The summed E-state index contributed by atoms with van der Waals surface area (Å²) in [6.07, 6.45) is 4.06. The minimum absolute atomic E-state index is 0.716. The Kier molecular flexibility index (Phi) is 4.62. The molecule has 1 rings (SSSR count). The molecule has 0 amide bonds. The van der Waals surface area contributed by atoms with Crippen molar-refractivity contribution in [1.29, 1.82) is 0 Å². The summed E-state index contributed by atoms with van der Waals surface area (Å²) in [4.78, 5) is 2.58. The van der Waals surface area contributed by atoms with E-state index in [0.29, 0.717) is 6.04 Å². The third-order valence-corrected chi connectivity index (χ3v) is 2.66. The normalized spacial score (nSPS) is 21.5. The van der Waals surface area contributed by atoms with Gasteiger partial charge in [0, 0.05) is 12.6 Å². The molecule has 12 heavy (non-hydrogen) atoms. The van der Waals surface area contributed by atoms with Crippen LogP contribution in [0.5, 0.6) is 0 Å². The molecule has 1 atom stereocenters. The van der Waals surface area contributed by atoms with Gasteiger partial charge in [-0.3, -0.25) is 0 Å². The van der Waals surface area contributed by atoms with Gasteiger partial charge in [0.25, 0.3) is 0 Å². The number of hydrogen-bond donors (Lipinski definition) is 1. The topological polar surface area (TPSA) is 15.3 Å². The standard InChI is InChI=1S/C10H22N2/c1-3-10(11-4-2)9-12-7-5-6-8-12/h10-11H,3-9H2,1-2H3. The Bertz CT molecular complexity index is 108. The number of nitrogens with zero attached hydrogens (tertiary/aromatic N) is 1. The lowest BCUT2D eigenvalue weighted by molar-refractivity contribution is 0.288. The van der Waals surface area contributed by atoms with E-state index in [-0.39, 0.29) is 0 Å². The SMILES string of the molecule is CCNC(CC)CN1CCCC1. The van der Waals surface area contributed by atoms with Crippen molar-refractivity contribution in [2.45, 2.75) is 39.2 Å². The van der Waals surface area contributed by atoms with Crippen molar-refractivity contribution < 1.29 is 0 Å². The van der Waals surface area contributed by atoms with E-state index in [1.807, 2.05) is 0 Å². The van der Waals surface area contributed by atoms with E-state index in [1.54, 1.807) is 0 Å². The third-order valence-electron chi connectivity index (χ3n) is 2.66. The fourth-order valence-corrected chi connectivity index (χ4v) is 1.90. The maximum atomic E-state index is 3.52. The summed E-state index contributed by atoms with van der Waals surface area (Å²) >= 11 is 0. The van der Waals surface area contributed by atoms with Gasteiger partial charge in [-0.15, -0.1) is 0 Å². The lowest BCUT2D eigenvalue weighted by Crippen LogP contribution is -2.39. The molecule has 1 fully saturated rings. The van der Waals surface area contributed by atoms with Crippen LogP contribution in [0.2, 0.25) is 0 Å². The number of likely N-dealkylation sites (N-methyl/N-ethyl adjacent to an activating group) is 1. The average molecular weight is 170 g/mol. The number of nitrogens with one attached hydrogen (secondary N) is 1. The number of rotatable bonds is 5. The van der Waals surface area contributed by atoms with Crippen LogP contribution in [-0.2, 0) is 0 Å². The predicted octanol–water partition coefficient (Wildman–Crippen LogP) is 1.47. The summed E-state index contributed by atoms with van der Waals surface area (Å²) < 4.78 is 0. The van der Waals surface area contributed by atoms with E-state index < -0.39 is 0 Å². The second-order valence-electron chi connectivity index (χ2n) is 3.67. The van der Waals surface area contributed by atoms with Crippen LogP contribution in [0, 0.1) is 0 Å². The zero-order chi connectivity index (χ0) is 8.81. The molecule has 1 N–H and O–H groups in total. The molecular formula is C10H22N2. The van der Waals surface area contributed by atoms with Crippen LogP contribution in [-0.4, -0.2) is 37.1 Å². The summed E-state index contributed by atoms with van der Waals surface area (Å²) in [7, 11) is 0. The molecule has 0 saturated carbocycles. The second kappa shape index (κ2) is 5.55. The first kappa shape index (κ1) is 10.0. The van der Waals surface area contributed by atoms with Crippen molar-refractivity contribution in [3.05, 3.63) is 0 Å². The van der Waals surface area contributed by atoms with E-state index >= 15 is 0 Å². The minimum Gasteiger partial charge on any atom is -0.313 e. The Labute approximate surface area is 76.3 Å². The summed E-state index contributed by atoms with van der Waals surface area (Å²) in [5, 5.41) is 3.52. The van der Waals surface area contributed by atoms with Crippen molar-refractivity contribution in [3.63, 3.8) is 0 Å². The van der Waals surface area contributed by atoms with Crippen LogP contribution >= 0.6 is 0 Å². The maximum absolute atomic E-state index is 3.52. The quantitative estimate of drug-likeness (QED) is 0.672. The number of likely N-dealkylation sites (tertiary alicyclic amines) is 1. The van der Waals surface area contributed by atoms with Gasteiger partial charge in [-0.2, -0.15) is 0 Å². The zero-order valence-corrected chi connectivity index (χ0v) is 8.47. The number of hydrogen-bond acceptors (Lipinski definition) is 2. The first-order valence-electron chi connectivity index (χ1n) is 5.32. The molecule has 1 heterocycles. The molecule has 0 aromatic rings. The molecule has 2 heteroatoms. The first-order chi connectivity index (χ1) is 5.86. The van der Waals surface area contributed by atoms with Gasteiger partial charge in [0.05, 0.1) is 0 Å². The van der Waals surface area contributed by atoms with Crippen molar-refractivity contribution >= 4 is 0 Å². The van der Waals surface area contributed by atoms with Gasteiger partial charge in [-0.25, -0.2) is 0 Å². The average Bonchev–Trinajstić information content (AvgIpc) is 2.56. The minimum atomic E-state index is 0.716. The van der Waals surface area contributed by atoms with Gasteiger partial charge >= 0.3 is 0 Å². The van der Waals surface area contributed by atoms with Gasteiger partial charge in [0.1, 0.15) is 0 Å². The second-order valence-corrected chi connectivity index (χ2v) is 3.67. The van der Waals surface area contributed by atoms with Crippen molar-refractivity contribution in [3.8, 4) is 0 Å². The molecule has 72 valence electrons. The summed E-state index contributed by atoms with van der Waals surface area (Å²) in [6.45, 7) is 9.45. The summed E-state index contributed by atoms with van der Waals surface area (Å²) in [5.74, 6) is 0. The highest BCUT2D eigenvalue weighted by molar-refractivity contribution is 4.73. The fourth-order valence-electron chi connectivity index (χ4n) is 1.90. The Morgan fingerprint density at radius 2 is 1.92 bits per heavy atom. The zero-order valence-electron chi connectivity index (χ0n) is 8.47. The monoisotopic (exact) mass is 170 g/mol. The van der Waals surface area contributed by atoms with Crippen LogP contribution < -0.4 is 5.32 Å². The van der Waals surface area contributed by atoms with Crippen molar-refractivity contribution in [2.24, 2.45) is 0 Å². The van der Waals surface area contributed by atoms with E-state index in [9.17, 15) is 0 Å². The van der Waals surface area contributed by atoms with Gasteiger partial charge in [-0.05, 0) is 38.9 Å². The fraction of sp³-hybridized carbons (Fsp3) is 1.00. The first-order valence-corrected chi connectivity index (χ1v) is 5.32. The van der Waals surface area contributed by atoms with Gasteiger partial charge in [-0.1, -0.05) is 13.8 Å². The summed E-state index contributed by atoms with van der Waals surface area (Å²) in [5.41, 5.74) is 0. The molecule has 1 aliphatic heterocycles. The molecule has 0 radical (unpaired) electrons. The Balaban J connectivity index is 2.16. The van der Waals surface area contributed by atoms with E-state index in [2.05, 4.69) is 24.1 Å². The highest BCUT2D eigenvalue weighted by Gasteiger charge is 2.14. The molecule has 1 aliphatic rings. The van der Waals surface area contributed by atoms with E-state index in [4.69, 9.17) is 0 Å². The molecular weight excluding hydrogens is 148 g/mol. The van der Waals surface area contributed by atoms with Crippen LogP contribution in [0.25, 0.3) is 0 Å². The molecule has 0 spiro atoms. The van der Waals surface area contributed by atoms with Crippen LogP contribution in [0.4, 0.5) is 0 Å². The van der Waals surface area contributed by atoms with Gasteiger partial charge in [0.2, 0.25) is 0 Å². The highest BCUT2D eigenvalue weighted by atomic mass is 15.2. The lowest BCUT2D eigenvalue weighted by Gasteiger charge is -2.22. The Hall–Kier alpha value is -0.0800. The largest absolute Gasteiger partial charge is 0.313 e. The van der Waals surface area contributed by atoms with Crippen molar-refractivity contribution in [2.75, 3.05) is 26.2 Å². The molecule has 0 bridgehead atoms. The molecule has 0 aromatic heterocycles. The van der Waals surface area contributed by atoms with Crippen LogP contribution in [0.15, 0.2) is 0 Å². The van der Waals surface area contributed by atoms with Crippen LogP contribution in [0.3, 0.4) is 0 Å². The molecule has 1 saturated heterocycles. The molecule has 1 unspecified atom stereocenters. The lowest BCUT2D eigenvalue weighted by atomic mass is 10.2. The third kappa shape index (κ3) is 3.11. The Morgan fingerprint density at radius 1 is 1.25 bits per heavy atom. The van der Waals surface area contributed by atoms with Crippen molar-refractivity contribution in [1.82, 2.24) is 10.2 Å².